The molecule has 0 aliphatic rings. The number of nitrogens with two attached hydrogens (primary N) is 1. The smallest absolute Gasteiger partial charge is 0.291 e. The Kier molecular flexibility index (Phi) is 5.88. The van der Waals surface area contributed by atoms with Crippen molar-refractivity contribution in [3.63, 3.8) is 0 Å². The van der Waals surface area contributed by atoms with Gasteiger partial charge in [0.25, 0.3) is 5.69 Å². The van der Waals surface area contributed by atoms with Crippen LogP contribution in [0.3, 0.4) is 0 Å². The maximum Gasteiger partial charge on any atom is 0.291 e. The minimum Gasteiger partial charge on any atom is -0.359 e. The van der Waals surface area contributed by atoms with Crippen molar-refractivity contribution in [1.29, 1.82) is 0 Å². The highest BCUT2D eigenvalue weighted by Crippen LogP contribution is 2.32. The molecule has 0 spiro atoms. The summed E-state index contributed by atoms with van der Waals surface area (Å²) in [7, 11) is 1.91. The fraction of sp³-hybridized carbons (Fsp3) is 0.615. The van der Waals surface area contributed by atoms with E-state index in [2.05, 4.69) is 34.8 Å². The van der Waals surface area contributed by atoms with Crippen molar-refractivity contribution in [2.45, 2.75) is 33.2 Å². The van der Waals surface area contributed by atoms with Gasteiger partial charge in [0.1, 0.15) is 12.0 Å². The summed E-state index contributed by atoms with van der Waals surface area (Å²) in [5.74, 6) is 1.13. The molecule has 0 aliphatic carbocycles. The van der Waals surface area contributed by atoms with Gasteiger partial charge in [0.2, 0.25) is 0 Å². The van der Waals surface area contributed by atoms with Crippen LogP contribution in [-0.2, 0) is 0 Å². The van der Waals surface area contributed by atoms with E-state index in [1.807, 2.05) is 11.9 Å². The summed E-state index contributed by atoms with van der Waals surface area (Å²) >= 11 is 3.40. The molecule has 0 fully saturated rings. The zero-order valence-corrected chi connectivity index (χ0v) is 13.8. The maximum absolute atomic E-state index is 10.9. The zero-order valence-electron chi connectivity index (χ0n) is 12.3. The van der Waals surface area contributed by atoms with Crippen LogP contribution in [-0.4, -0.2) is 29.5 Å². The number of hydrogen-bond acceptors (Lipinski definition) is 5. The lowest BCUT2D eigenvalue weighted by molar-refractivity contribution is -0.385. The highest BCUT2D eigenvalue weighted by Gasteiger charge is 2.19. The third kappa shape index (κ3) is 3.89. The SMILES string of the molecule is Cc1c([N+](=O)[O-])cnc(N(C)CCC(N)C(C)C)c1Br. The minimum absolute atomic E-state index is 0.0212. The Bertz CT molecular complexity index is 494. The van der Waals surface area contributed by atoms with Crippen LogP contribution < -0.4 is 10.6 Å². The van der Waals surface area contributed by atoms with Crippen LogP contribution in [0.1, 0.15) is 25.8 Å². The molecule has 1 heterocycles. The van der Waals surface area contributed by atoms with Gasteiger partial charge in [-0.3, -0.25) is 10.1 Å². The van der Waals surface area contributed by atoms with Crippen molar-refractivity contribution in [3.8, 4) is 0 Å². The monoisotopic (exact) mass is 344 g/mol. The van der Waals surface area contributed by atoms with E-state index in [9.17, 15) is 10.1 Å². The molecule has 0 saturated carbocycles. The molecule has 1 unspecified atom stereocenters. The van der Waals surface area contributed by atoms with Crippen molar-refractivity contribution >= 4 is 27.4 Å². The van der Waals surface area contributed by atoms with Gasteiger partial charge >= 0.3 is 0 Å². The molecule has 0 radical (unpaired) electrons. The molecule has 7 heteroatoms. The van der Waals surface area contributed by atoms with Crippen molar-refractivity contribution in [1.82, 2.24) is 4.98 Å². The highest BCUT2D eigenvalue weighted by atomic mass is 79.9. The Morgan fingerprint density at radius 3 is 2.65 bits per heavy atom. The Labute approximate surface area is 127 Å². The lowest BCUT2D eigenvalue weighted by Crippen LogP contribution is -2.32. The average Bonchev–Trinajstić information content (AvgIpc) is 2.37. The highest BCUT2D eigenvalue weighted by molar-refractivity contribution is 9.10. The maximum atomic E-state index is 10.9. The number of halogens is 1. The van der Waals surface area contributed by atoms with E-state index in [0.29, 0.717) is 21.8 Å². The molecule has 1 aromatic heterocycles. The van der Waals surface area contributed by atoms with Crippen molar-refractivity contribution in [3.05, 3.63) is 26.3 Å². The molecule has 0 amide bonds. The average molecular weight is 345 g/mol. The standard InChI is InChI=1S/C13H21BrN4O2/c1-8(2)10(15)5-6-17(4)13-12(14)9(3)11(7-16-13)18(19)20/h7-8,10H,5-6,15H2,1-4H3. The normalized spacial score (nSPS) is 12.6. The van der Waals surface area contributed by atoms with E-state index in [-0.39, 0.29) is 11.7 Å². The molecule has 0 aliphatic heterocycles. The van der Waals surface area contributed by atoms with Crippen molar-refractivity contribution in [2.24, 2.45) is 11.7 Å². The summed E-state index contributed by atoms with van der Waals surface area (Å²) in [5.41, 5.74) is 6.63. The summed E-state index contributed by atoms with van der Waals surface area (Å²) in [6.07, 6.45) is 2.15. The van der Waals surface area contributed by atoms with Gasteiger partial charge in [0.05, 0.1) is 9.40 Å². The summed E-state index contributed by atoms with van der Waals surface area (Å²) in [4.78, 5) is 16.6. The first-order valence-corrected chi connectivity index (χ1v) is 7.31. The molecule has 112 valence electrons. The van der Waals surface area contributed by atoms with Crippen LogP contribution in [0, 0.1) is 23.0 Å². The number of hydrogen-bond donors (Lipinski definition) is 1. The van der Waals surface area contributed by atoms with Crippen LogP contribution in [0.25, 0.3) is 0 Å². The minimum atomic E-state index is -0.425. The summed E-state index contributed by atoms with van der Waals surface area (Å²) in [5, 5.41) is 10.9. The predicted octanol–water partition coefficient (Wildman–Crippen LogP) is 2.87. The fourth-order valence-corrected chi connectivity index (χ4v) is 2.40. The summed E-state index contributed by atoms with van der Waals surface area (Å²) in [6.45, 7) is 6.65. The van der Waals surface area contributed by atoms with E-state index < -0.39 is 4.92 Å². The quantitative estimate of drug-likeness (QED) is 0.633. The molecule has 0 saturated heterocycles. The van der Waals surface area contributed by atoms with E-state index in [1.165, 1.54) is 6.20 Å². The first-order chi connectivity index (χ1) is 9.25. The second kappa shape index (κ2) is 6.99. The lowest BCUT2D eigenvalue weighted by atomic mass is 10.0. The van der Waals surface area contributed by atoms with Gasteiger partial charge in [-0.05, 0) is 35.2 Å². The Hall–Kier alpha value is -1.21. The Morgan fingerprint density at radius 1 is 1.55 bits per heavy atom. The zero-order chi connectivity index (χ0) is 15.4. The van der Waals surface area contributed by atoms with Crippen molar-refractivity contribution in [2.75, 3.05) is 18.5 Å². The van der Waals surface area contributed by atoms with E-state index in [1.54, 1.807) is 6.92 Å². The third-order valence-electron chi connectivity index (χ3n) is 3.43. The van der Waals surface area contributed by atoms with Gasteiger partial charge in [-0.15, -0.1) is 0 Å². The molecule has 0 aromatic carbocycles. The molecule has 1 aromatic rings. The predicted molar refractivity (Wildman–Crippen MR) is 84.0 cm³/mol. The van der Waals surface area contributed by atoms with Gasteiger partial charge in [-0.2, -0.15) is 0 Å². The number of rotatable bonds is 6. The van der Waals surface area contributed by atoms with E-state index >= 15 is 0 Å². The largest absolute Gasteiger partial charge is 0.359 e. The number of nitrogens with zero attached hydrogens (tertiary/aromatic N) is 3. The number of nitro groups is 1. The number of pyridine rings is 1. The first kappa shape index (κ1) is 16.8. The van der Waals surface area contributed by atoms with Crippen LogP contribution >= 0.6 is 15.9 Å². The lowest BCUT2D eigenvalue weighted by Gasteiger charge is -2.23. The van der Waals surface area contributed by atoms with Crippen LogP contribution in [0.2, 0.25) is 0 Å². The molecule has 20 heavy (non-hydrogen) atoms. The fourth-order valence-electron chi connectivity index (χ4n) is 1.79. The molecule has 0 bridgehead atoms. The second-order valence-electron chi connectivity index (χ2n) is 5.28. The second-order valence-corrected chi connectivity index (χ2v) is 6.07. The Morgan fingerprint density at radius 2 is 2.15 bits per heavy atom. The van der Waals surface area contributed by atoms with Gasteiger partial charge < -0.3 is 10.6 Å². The van der Waals surface area contributed by atoms with Gasteiger partial charge in [0, 0.05) is 25.2 Å². The molecular formula is C13H21BrN4O2. The third-order valence-corrected chi connectivity index (χ3v) is 4.38. The number of anilines is 1. The Balaban J connectivity index is 2.87. The first-order valence-electron chi connectivity index (χ1n) is 6.51. The van der Waals surface area contributed by atoms with Gasteiger partial charge in [0.15, 0.2) is 0 Å². The topological polar surface area (TPSA) is 85.3 Å². The van der Waals surface area contributed by atoms with Gasteiger partial charge in [-0.1, -0.05) is 13.8 Å². The molecule has 1 rings (SSSR count). The molecule has 2 N–H and O–H groups in total. The molecule has 6 nitrogen and oxygen atoms in total. The van der Waals surface area contributed by atoms with E-state index in [0.717, 1.165) is 13.0 Å². The molecule has 1 atom stereocenters. The molecular weight excluding hydrogens is 324 g/mol. The van der Waals surface area contributed by atoms with Crippen LogP contribution in [0.5, 0.6) is 0 Å². The van der Waals surface area contributed by atoms with Gasteiger partial charge in [-0.25, -0.2) is 4.98 Å². The number of aromatic nitrogens is 1. The van der Waals surface area contributed by atoms with Crippen molar-refractivity contribution < 1.29 is 4.92 Å². The summed E-state index contributed by atoms with van der Waals surface area (Å²) in [6, 6.07) is 0.135. The van der Waals surface area contributed by atoms with Crippen LogP contribution in [0.4, 0.5) is 11.5 Å². The van der Waals surface area contributed by atoms with E-state index in [4.69, 9.17) is 5.73 Å². The summed E-state index contributed by atoms with van der Waals surface area (Å²) < 4.78 is 0.660. The van der Waals surface area contributed by atoms with Crippen LogP contribution in [0.15, 0.2) is 10.7 Å².